The molecule has 0 aliphatic rings. The van der Waals surface area contributed by atoms with Crippen LogP contribution in [0.15, 0.2) is 79.0 Å². The standard InChI is InChI=1S/C31H35N3O4/c1-22(2)34(31(36)23-11-9-12-26(18-23)37-3)21-30(35)33(20-25-10-5-8-15-29(25)38-4)17-16-24-19-32-28-14-7-6-13-27(24)28/h5-15,18-19,22,32H,16-17,20-21H2,1-4H3. The summed E-state index contributed by atoms with van der Waals surface area (Å²) in [6, 6.07) is 22.7. The van der Waals surface area contributed by atoms with Gasteiger partial charge < -0.3 is 24.3 Å². The fourth-order valence-electron chi connectivity index (χ4n) is 4.58. The molecule has 4 aromatic rings. The van der Waals surface area contributed by atoms with E-state index < -0.39 is 0 Å². The summed E-state index contributed by atoms with van der Waals surface area (Å²) < 4.78 is 10.8. The van der Waals surface area contributed by atoms with Crippen molar-refractivity contribution in [1.29, 1.82) is 0 Å². The molecule has 0 radical (unpaired) electrons. The maximum atomic E-state index is 13.8. The van der Waals surface area contributed by atoms with Crippen LogP contribution in [0.4, 0.5) is 0 Å². The number of para-hydroxylation sites is 2. The Hall–Kier alpha value is -4.26. The summed E-state index contributed by atoms with van der Waals surface area (Å²) >= 11 is 0. The lowest BCUT2D eigenvalue weighted by atomic mass is 10.1. The maximum absolute atomic E-state index is 13.8. The molecule has 1 aromatic heterocycles. The van der Waals surface area contributed by atoms with Crippen LogP contribution < -0.4 is 9.47 Å². The summed E-state index contributed by atoms with van der Waals surface area (Å²) in [6.07, 6.45) is 2.68. The molecule has 7 nitrogen and oxygen atoms in total. The molecule has 3 aromatic carbocycles. The topological polar surface area (TPSA) is 74.9 Å². The Morgan fingerprint density at radius 1 is 0.895 bits per heavy atom. The molecule has 1 N–H and O–H groups in total. The summed E-state index contributed by atoms with van der Waals surface area (Å²) in [4.78, 5) is 34.0. The van der Waals surface area contributed by atoms with Gasteiger partial charge in [0.1, 0.15) is 18.0 Å². The van der Waals surface area contributed by atoms with Gasteiger partial charge in [0.05, 0.1) is 14.2 Å². The molecule has 0 aliphatic heterocycles. The number of ether oxygens (including phenoxy) is 2. The molecule has 1 heterocycles. The third kappa shape index (κ3) is 6.17. The fourth-order valence-corrected chi connectivity index (χ4v) is 4.58. The molecule has 7 heteroatoms. The number of benzene rings is 3. The number of aromatic nitrogens is 1. The van der Waals surface area contributed by atoms with E-state index in [2.05, 4.69) is 11.1 Å². The molecule has 0 bridgehead atoms. The van der Waals surface area contributed by atoms with Crippen molar-refractivity contribution in [2.45, 2.75) is 32.9 Å². The Labute approximate surface area is 224 Å². The molecule has 2 amide bonds. The minimum atomic E-state index is -0.207. The van der Waals surface area contributed by atoms with E-state index in [0.717, 1.165) is 27.8 Å². The highest BCUT2D eigenvalue weighted by atomic mass is 16.5. The SMILES string of the molecule is COc1cccc(C(=O)N(CC(=O)N(CCc2c[nH]c3ccccc23)Cc2ccccc2OC)C(C)C)c1. The average molecular weight is 514 g/mol. The number of carbonyl (C=O) groups excluding carboxylic acids is 2. The Morgan fingerprint density at radius 2 is 1.66 bits per heavy atom. The van der Waals surface area contributed by atoms with Crippen LogP contribution >= 0.6 is 0 Å². The van der Waals surface area contributed by atoms with Crippen LogP contribution in [-0.2, 0) is 17.8 Å². The number of rotatable bonds is 11. The number of fused-ring (bicyclic) bond motifs is 1. The molecule has 0 saturated heterocycles. The zero-order chi connectivity index (χ0) is 27.1. The Morgan fingerprint density at radius 3 is 2.42 bits per heavy atom. The molecule has 0 atom stereocenters. The molecule has 0 aliphatic carbocycles. The third-order valence-electron chi connectivity index (χ3n) is 6.74. The van der Waals surface area contributed by atoms with Gasteiger partial charge in [0.2, 0.25) is 5.91 Å². The third-order valence-corrected chi connectivity index (χ3v) is 6.74. The minimum absolute atomic E-state index is 0.0310. The second-order valence-electron chi connectivity index (χ2n) is 9.50. The van der Waals surface area contributed by atoms with Gasteiger partial charge in [-0.05, 0) is 56.2 Å². The van der Waals surface area contributed by atoms with Gasteiger partial charge in [-0.15, -0.1) is 0 Å². The van der Waals surface area contributed by atoms with Crippen molar-refractivity contribution in [3.63, 3.8) is 0 Å². The quantitative estimate of drug-likeness (QED) is 0.295. The molecule has 4 rings (SSSR count). The maximum Gasteiger partial charge on any atom is 0.254 e. The van der Waals surface area contributed by atoms with Crippen LogP contribution in [0.25, 0.3) is 10.9 Å². The number of hydrogen-bond donors (Lipinski definition) is 1. The summed E-state index contributed by atoms with van der Waals surface area (Å²) in [5.74, 6) is 0.995. The van der Waals surface area contributed by atoms with Crippen LogP contribution in [0.1, 0.15) is 35.3 Å². The Bertz CT molecular complexity index is 1390. The van der Waals surface area contributed by atoms with Crippen molar-refractivity contribution >= 4 is 22.7 Å². The average Bonchev–Trinajstić information content (AvgIpc) is 3.36. The number of carbonyl (C=O) groups is 2. The van der Waals surface area contributed by atoms with Gasteiger partial charge in [0.15, 0.2) is 0 Å². The van der Waals surface area contributed by atoms with Gasteiger partial charge in [0.25, 0.3) is 5.91 Å². The molecule has 0 unspecified atom stereocenters. The van der Waals surface area contributed by atoms with E-state index in [0.29, 0.717) is 30.8 Å². The highest BCUT2D eigenvalue weighted by Gasteiger charge is 2.25. The number of aromatic amines is 1. The van der Waals surface area contributed by atoms with Gasteiger partial charge >= 0.3 is 0 Å². The van der Waals surface area contributed by atoms with Crippen LogP contribution in [0, 0.1) is 0 Å². The van der Waals surface area contributed by atoms with Crippen LogP contribution in [-0.4, -0.2) is 59.9 Å². The smallest absolute Gasteiger partial charge is 0.254 e. The highest BCUT2D eigenvalue weighted by Crippen LogP contribution is 2.22. The van der Waals surface area contributed by atoms with Gasteiger partial charge in [-0.1, -0.05) is 42.5 Å². The first-order valence-electron chi connectivity index (χ1n) is 12.8. The number of amides is 2. The molecule has 0 fully saturated rings. The summed E-state index contributed by atoms with van der Waals surface area (Å²) in [5.41, 5.74) is 3.62. The molecular weight excluding hydrogens is 478 g/mol. The molecule has 0 saturated carbocycles. The van der Waals surface area contributed by atoms with E-state index in [1.54, 1.807) is 43.4 Å². The first-order valence-corrected chi connectivity index (χ1v) is 12.8. The first kappa shape index (κ1) is 26.8. The lowest BCUT2D eigenvalue weighted by molar-refractivity contribution is -0.132. The van der Waals surface area contributed by atoms with Gasteiger partial charge in [-0.2, -0.15) is 0 Å². The fraction of sp³-hybridized carbons (Fsp3) is 0.290. The lowest BCUT2D eigenvalue weighted by Gasteiger charge is -2.30. The Kier molecular flexibility index (Phi) is 8.69. The van der Waals surface area contributed by atoms with E-state index in [-0.39, 0.29) is 24.4 Å². The van der Waals surface area contributed by atoms with Crippen LogP contribution in [0.3, 0.4) is 0 Å². The molecular formula is C31H35N3O4. The van der Waals surface area contributed by atoms with E-state index in [4.69, 9.17) is 9.47 Å². The summed E-state index contributed by atoms with van der Waals surface area (Å²) in [5, 5.41) is 1.15. The number of nitrogens with one attached hydrogen (secondary N) is 1. The lowest BCUT2D eigenvalue weighted by Crippen LogP contribution is -2.46. The highest BCUT2D eigenvalue weighted by molar-refractivity contribution is 5.97. The summed E-state index contributed by atoms with van der Waals surface area (Å²) in [6.45, 7) is 4.68. The Balaban J connectivity index is 1.58. The van der Waals surface area contributed by atoms with Crippen molar-refractivity contribution in [3.05, 3.63) is 95.7 Å². The van der Waals surface area contributed by atoms with Crippen molar-refractivity contribution in [3.8, 4) is 11.5 Å². The van der Waals surface area contributed by atoms with Crippen LogP contribution in [0.2, 0.25) is 0 Å². The largest absolute Gasteiger partial charge is 0.497 e. The minimum Gasteiger partial charge on any atom is -0.497 e. The predicted molar refractivity (Wildman–Crippen MR) is 150 cm³/mol. The van der Waals surface area contributed by atoms with Crippen molar-refractivity contribution in [2.75, 3.05) is 27.3 Å². The number of nitrogens with zero attached hydrogens (tertiary/aromatic N) is 2. The molecule has 198 valence electrons. The van der Waals surface area contributed by atoms with E-state index in [9.17, 15) is 9.59 Å². The van der Waals surface area contributed by atoms with E-state index in [1.807, 2.05) is 67.4 Å². The first-order chi connectivity index (χ1) is 18.4. The van der Waals surface area contributed by atoms with E-state index >= 15 is 0 Å². The van der Waals surface area contributed by atoms with Gasteiger partial charge in [-0.25, -0.2) is 0 Å². The number of methoxy groups -OCH3 is 2. The van der Waals surface area contributed by atoms with Crippen LogP contribution in [0.5, 0.6) is 11.5 Å². The van der Waals surface area contributed by atoms with Gasteiger partial charge in [-0.3, -0.25) is 9.59 Å². The normalized spacial score (nSPS) is 11.0. The van der Waals surface area contributed by atoms with Crippen molar-refractivity contribution < 1.29 is 19.1 Å². The molecule has 0 spiro atoms. The summed E-state index contributed by atoms with van der Waals surface area (Å²) in [7, 11) is 3.20. The zero-order valence-corrected chi connectivity index (χ0v) is 22.4. The van der Waals surface area contributed by atoms with Crippen molar-refractivity contribution in [2.24, 2.45) is 0 Å². The van der Waals surface area contributed by atoms with Crippen molar-refractivity contribution in [1.82, 2.24) is 14.8 Å². The number of H-pyrrole nitrogens is 1. The monoisotopic (exact) mass is 513 g/mol. The second-order valence-corrected chi connectivity index (χ2v) is 9.50. The zero-order valence-electron chi connectivity index (χ0n) is 22.4. The predicted octanol–water partition coefficient (Wildman–Crippen LogP) is 5.31. The van der Waals surface area contributed by atoms with E-state index in [1.165, 1.54) is 0 Å². The van der Waals surface area contributed by atoms with Gasteiger partial charge in [0, 0.05) is 47.4 Å². The second kappa shape index (κ2) is 12.3. The number of hydrogen-bond acceptors (Lipinski definition) is 4. The molecule has 38 heavy (non-hydrogen) atoms.